The van der Waals surface area contributed by atoms with E-state index >= 15 is 0 Å². The van der Waals surface area contributed by atoms with Gasteiger partial charge in [-0.1, -0.05) is 12.1 Å². The highest BCUT2D eigenvalue weighted by molar-refractivity contribution is 5.92. The number of rotatable bonds is 5. The molecular formula is C22H31N3O3. The normalized spacial score (nSPS) is 27.0. The average Bonchev–Trinajstić information content (AvgIpc) is 3.34. The molecule has 2 heterocycles. The first-order valence-corrected chi connectivity index (χ1v) is 10.5. The van der Waals surface area contributed by atoms with Crippen molar-refractivity contribution >= 4 is 17.5 Å². The first kappa shape index (κ1) is 19.2. The molecule has 1 aromatic carbocycles. The standard InChI is InChI=1S/C22H31N3O3/c1-15-5-3-7-20(16(15)2)24-8-10-25(11-9-24)22(27)19-13-18(19)21(26)23-14-17-6-4-12-28-17/h3,5,7,17-19H,4,6,8-14H2,1-2H3,(H,23,26). The second kappa shape index (κ2) is 8.11. The zero-order valence-electron chi connectivity index (χ0n) is 16.9. The maximum Gasteiger partial charge on any atom is 0.226 e. The molecule has 4 rings (SSSR count). The smallest absolute Gasteiger partial charge is 0.226 e. The molecule has 1 saturated carbocycles. The van der Waals surface area contributed by atoms with Crippen molar-refractivity contribution in [2.45, 2.75) is 39.2 Å². The van der Waals surface area contributed by atoms with Crippen LogP contribution >= 0.6 is 0 Å². The number of carbonyl (C=O) groups excluding carboxylic acids is 2. The molecule has 0 aromatic heterocycles. The summed E-state index contributed by atoms with van der Waals surface area (Å²) in [5.41, 5.74) is 3.88. The number of piperazine rings is 1. The summed E-state index contributed by atoms with van der Waals surface area (Å²) < 4.78 is 5.54. The Bertz CT molecular complexity index is 737. The molecule has 0 spiro atoms. The van der Waals surface area contributed by atoms with Gasteiger partial charge in [0.05, 0.1) is 17.9 Å². The van der Waals surface area contributed by atoms with E-state index in [-0.39, 0.29) is 29.8 Å². The molecule has 1 N–H and O–H groups in total. The summed E-state index contributed by atoms with van der Waals surface area (Å²) in [6.07, 6.45) is 2.92. The van der Waals surface area contributed by atoms with Crippen LogP contribution in [0.5, 0.6) is 0 Å². The lowest BCUT2D eigenvalue weighted by Gasteiger charge is -2.37. The van der Waals surface area contributed by atoms with Crippen molar-refractivity contribution in [2.24, 2.45) is 11.8 Å². The Morgan fingerprint density at radius 2 is 1.93 bits per heavy atom. The molecule has 6 heteroatoms. The first-order valence-electron chi connectivity index (χ1n) is 10.5. The van der Waals surface area contributed by atoms with Gasteiger partial charge in [0.25, 0.3) is 0 Å². The van der Waals surface area contributed by atoms with Crippen molar-refractivity contribution in [3.63, 3.8) is 0 Å². The van der Waals surface area contributed by atoms with Crippen LogP contribution in [0.1, 0.15) is 30.4 Å². The van der Waals surface area contributed by atoms with E-state index in [1.807, 2.05) is 4.90 Å². The summed E-state index contributed by atoms with van der Waals surface area (Å²) >= 11 is 0. The lowest BCUT2D eigenvalue weighted by atomic mass is 10.1. The minimum Gasteiger partial charge on any atom is -0.376 e. The number of amides is 2. The van der Waals surface area contributed by atoms with Crippen molar-refractivity contribution in [3.05, 3.63) is 29.3 Å². The van der Waals surface area contributed by atoms with E-state index < -0.39 is 0 Å². The number of anilines is 1. The van der Waals surface area contributed by atoms with E-state index in [1.54, 1.807) is 0 Å². The second-order valence-electron chi connectivity index (χ2n) is 8.36. The van der Waals surface area contributed by atoms with Crippen LogP contribution in [0.15, 0.2) is 18.2 Å². The first-order chi connectivity index (χ1) is 13.5. The van der Waals surface area contributed by atoms with Gasteiger partial charge in [-0.3, -0.25) is 9.59 Å². The van der Waals surface area contributed by atoms with Crippen molar-refractivity contribution in [1.82, 2.24) is 10.2 Å². The minimum absolute atomic E-state index is 0.0165. The maximum atomic E-state index is 12.8. The van der Waals surface area contributed by atoms with Crippen LogP contribution in [0, 0.1) is 25.7 Å². The number of nitrogens with one attached hydrogen (secondary N) is 1. The summed E-state index contributed by atoms with van der Waals surface area (Å²) in [7, 11) is 0. The number of hydrogen-bond acceptors (Lipinski definition) is 4. The van der Waals surface area contributed by atoms with Crippen molar-refractivity contribution < 1.29 is 14.3 Å². The fourth-order valence-corrected chi connectivity index (χ4v) is 4.39. The van der Waals surface area contributed by atoms with Crippen LogP contribution in [0.3, 0.4) is 0 Å². The SMILES string of the molecule is Cc1cccc(N2CCN(C(=O)C3CC3C(=O)NCC3CCCO3)CC2)c1C. The van der Waals surface area contributed by atoms with Gasteiger partial charge >= 0.3 is 0 Å². The van der Waals surface area contributed by atoms with E-state index in [1.165, 1.54) is 16.8 Å². The number of aryl methyl sites for hydroxylation is 1. The summed E-state index contributed by atoms with van der Waals surface area (Å²) in [6.45, 7) is 8.81. The van der Waals surface area contributed by atoms with Gasteiger partial charge in [0.1, 0.15) is 0 Å². The molecule has 152 valence electrons. The van der Waals surface area contributed by atoms with Crippen LogP contribution in [0.4, 0.5) is 5.69 Å². The van der Waals surface area contributed by atoms with Crippen LogP contribution in [-0.2, 0) is 14.3 Å². The van der Waals surface area contributed by atoms with Crippen LogP contribution in [0.2, 0.25) is 0 Å². The van der Waals surface area contributed by atoms with Gasteiger partial charge in [-0.25, -0.2) is 0 Å². The van der Waals surface area contributed by atoms with Crippen molar-refractivity contribution in [3.8, 4) is 0 Å². The van der Waals surface area contributed by atoms with E-state index in [0.717, 1.165) is 45.6 Å². The Morgan fingerprint density at radius 1 is 1.14 bits per heavy atom. The molecule has 0 bridgehead atoms. The molecule has 28 heavy (non-hydrogen) atoms. The number of carbonyl (C=O) groups is 2. The van der Waals surface area contributed by atoms with Gasteiger partial charge in [0, 0.05) is 45.0 Å². The maximum absolute atomic E-state index is 12.8. The Kier molecular flexibility index (Phi) is 5.58. The predicted octanol–water partition coefficient (Wildman–Crippen LogP) is 1.88. The fourth-order valence-electron chi connectivity index (χ4n) is 4.39. The lowest BCUT2D eigenvalue weighted by Crippen LogP contribution is -2.49. The Hall–Kier alpha value is -2.08. The highest BCUT2D eigenvalue weighted by Crippen LogP contribution is 2.40. The third-order valence-electron chi connectivity index (χ3n) is 6.48. The average molecular weight is 386 g/mol. The van der Waals surface area contributed by atoms with E-state index in [4.69, 9.17) is 4.74 Å². The molecular weight excluding hydrogens is 354 g/mol. The van der Waals surface area contributed by atoms with Crippen molar-refractivity contribution in [1.29, 1.82) is 0 Å². The molecule has 2 saturated heterocycles. The van der Waals surface area contributed by atoms with E-state index in [9.17, 15) is 9.59 Å². The third kappa shape index (κ3) is 4.02. The summed E-state index contributed by atoms with van der Waals surface area (Å²) in [5, 5.41) is 2.97. The monoisotopic (exact) mass is 385 g/mol. The Morgan fingerprint density at radius 3 is 2.64 bits per heavy atom. The van der Waals surface area contributed by atoms with Crippen molar-refractivity contribution in [2.75, 3.05) is 44.2 Å². The zero-order chi connectivity index (χ0) is 19.7. The molecule has 6 nitrogen and oxygen atoms in total. The zero-order valence-corrected chi connectivity index (χ0v) is 16.9. The summed E-state index contributed by atoms with van der Waals surface area (Å²) in [4.78, 5) is 29.4. The number of ether oxygens (including phenoxy) is 1. The lowest BCUT2D eigenvalue weighted by molar-refractivity contribution is -0.135. The number of hydrogen-bond donors (Lipinski definition) is 1. The summed E-state index contributed by atoms with van der Waals surface area (Å²) in [6, 6.07) is 6.39. The molecule has 3 atom stereocenters. The second-order valence-corrected chi connectivity index (χ2v) is 8.36. The minimum atomic E-state index is -0.147. The highest BCUT2D eigenvalue weighted by Gasteiger charge is 2.49. The fraction of sp³-hybridized carbons (Fsp3) is 0.636. The molecule has 1 aromatic rings. The Labute approximate surface area is 167 Å². The highest BCUT2D eigenvalue weighted by atomic mass is 16.5. The largest absolute Gasteiger partial charge is 0.376 e. The van der Waals surface area contributed by atoms with Gasteiger partial charge < -0.3 is 19.9 Å². The van der Waals surface area contributed by atoms with Gasteiger partial charge in [-0.05, 0) is 50.3 Å². The molecule has 0 radical (unpaired) electrons. The summed E-state index contributed by atoms with van der Waals surface area (Å²) in [5.74, 6) is -0.108. The van der Waals surface area contributed by atoms with Gasteiger partial charge in [0.15, 0.2) is 0 Å². The van der Waals surface area contributed by atoms with Crippen LogP contribution in [0.25, 0.3) is 0 Å². The number of nitrogens with zero attached hydrogens (tertiary/aromatic N) is 2. The number of benzene rings is 1. The molecule has 3 fully saturated rings. The van der Waals surface area contributed by atoms with Gasteiger partial charge in [-0.2, -0.15) is 0 Å². The Balaban J connectivity index is 1.24. The van der Waals surface area contributed by atoms with Crippen LogP contribution in [-0.4, -0.2) is 62.1 Å². The van der Waals surface area contributed by atoms with E-state index in [0.29, 0.717) is 13.0 Å². The third-order valence-corrected chi connectivity index (χ3v) is 6.48. The topological polar surface area (TPSA) is 61.9 Å². The van der Waals surface area contributed by atoms with Gasteiger partial charge in [-0.15, -0.1) is 0 Å². The van der Waals surface area contributed by atoms with E-state index in [2.05, 4.69) is 42.3 Å². The predicted molar refractivity (Wildman–Crippen MR) is 108 cm³/mol. The molecule has 1 aliphatic carbocycles. The molecule has 3 unspecified atom stereocenters. The molecule has 2 amide bonds. The van der Waals surface area contributed by atoms with Crippen LogP contribution < -0.4 is 10.2 Å². The quantitative estimate of drug-likeness (QED) is 0.841. The molecule has 3 aliphatic rings. The van der Waals surface area contributed by atoms with Gasteiger partial charge in [0.2, 0.25) is 11.8 Å². The molecule has 2 aliphatic heterocycles.